The van der Waals surface area contributed by atoms with Gasteiger partial charge in [0, 0.05) is 5.92 Å². The molecule has 0 aromatic rings. The molecule has 0 aromatic carbocycles. The minimum atomic E-state index is -1.37. The molecule has 3 unspecified atom stereocenters. The van der Waals surface area contributed by atoms with Crippen molar-refractivity contribution in [3.05, 3.63) is 46.6 Å². The summed E-state index contributed by atoms with van der Waals surface area (Å²) in [5.41, 5.74) is 3.18. The van der Waals surface area contributed by atoms with Crippen molar-refractivity contribution in [1.29, 1.82) is 0 Å². The second-order valence-corrected chi connectivity index (χ2v) is 7.37. The summed E-state index contributed by atoms with van der Waals surface area (Å²) in [5.74, 6) is -1.87. The molecule has 3 atom stereocenters. The van der Waals surface area contributed by atoms with Crippen LogP contribution in [0.2, 0.25) is 0 Å². The smallest absolute Gasteiger partial charge is 0.157 e. The van der Waals surface area contributed by atoms with E-state index in [0.717, 1.165) is 5.92 Å². The first-order valence-electron chi connectivity index (χ1n) is 11.2. The Morgan fingerprint density at radius 3 is 1.83 bits per heavy atom. The monoisotopic (exact) mass is 416 g/mol. The maximum atomic E-state index is 13.4. The SMILES string of the molecule is C=C(C)C.CC.CC.CC1=CCCCC1C.CCC1C(F)=C(F)C(C)=C(C)C1F. The van der Waals surface area contributed by atoms with Crippen molar-refractivity contribution in [2.24, 2.45) is 11.8 Å². The summed E-state index contributed by atoms with van der Waals surface area (Å²) in [7, 11) is 0. The highest BCUT2D eigenvalue weighted by Crippen LogP contribution is 2.39. The van der Waals surface area contributed by atoms with E-state index in [4.69, 9.17) is 0 Å². The highest BCUT2D eigenvalue weighted by Gasteiger charge is 2.34. The van der Waals surface area contributed by atoms with Gasteiger partial charge in [-0.1, -0.05) is 58.8 Å². The van der Waals surface area contributed by atoms with Crippen LogP contribution >= 0.6 is 0 Å². The largest absolute Gasteiger partial charge is 0.242 e. The Labute approximate surface area is 180 Å². The molecule has 0 saturated heterocycles. The second kappa shape index (κ2) is 18.8. The first-order valence-corrected chi connectivity index (χ1v) is 11.2. The minimum Gasteiger partial charge on any atom is -0.242 e. The van der Waals surface area contributed by atoms with E-state index in [1.807, 2.05) is 41.5 Å². The highest BCUT2D eigenvalue weighted by atomic mass is 19.2. The van der Waals surface area contributed by atoms with Crippen LogP contribution in [-0.2, 0) is 0 Å². The van der Waals surface area contributed by atoms with E-state index in [2.05, 4.69) is 26.5 Å². The number of hydrogen-bond donors (Lipinski definition) is 0. The van der Waals surface area contributed by atoms with Gasteiger partial charge in [0.1, 0.15) is 12.0 Å². The minimum absolute atomic E-state index is 0.106. The lowest BCUT2D eigenvalue weighted by Crippen LogP contribution is -2.23. The van der Waals surface area contributed by atoms with Crippen LogP contribution in [0.5, 0.6) is 0 Å². The van der Waals surface area contributed by atoms with Crippen LogP contribution < -0.4 is 0 Å². The Kier molecular flexibility index (Phi) is 21.0. The molecule has 0 N–H and O–H groups in total. The van der Waals surface area contributed by atoms with Gasteiger partial charge in [0.25, 0.3) is 0 Å². The van der Waals surface area contributed by atoms with E-state index >= 15 is 0 Å². The van der Waals surface area contributed by atoms with Crippen LogP contribution in [-0.4, -0.2) is 6.17 Å². The van der Waals surface area contributed by atoms with Gasteiger partial charge < -0.3 is 0 Å². The molecule has 0 amide bonds. The molecule has 2 rings (SSSR count). The maximum Gasteiger partial charge on any atom is 0.157 e. The molecule has 0 heterocycles. The van der Waals surface area contributed by atoms with E-state index in [-0.39, 0.29) is 12.0 Å². The third-order valence-electron chi connectivity index (χ3n) is 4.75. The van der Waals surface area contributed by atoms with Gasteiger partial charge in [-0.05, 0) is 77.4 Å². The summed E-state index contributed by atoms with van der Waals surface area (Å²) in [5, 5.41) is 0. The van der Waals surface area contributed by atoms with Crippen molar-refractivity contribution >= 4 is 0 Å². The van der Waals surface area contributed by atoms with E-state index < -0.39 is 23.7 Å². The summed E-state index contributed by atoms with van der Waals surface area (Å²) >= 11 is 0. The predicted octanol–water partition coefficient (Wildman–Crippen LogP) is 10.2. The normalized spacial score (nSPS) is 23.0. The zero-order valence-corrected chi connectivity index (χ0v) is 21.0. The van der Waals surface area contributed by atoms with Gasteiger partial charge >= 0.3 is 0 Å². The van der Waals surface area contributed by atoms with Crippen molar-refractivity contribution in [1.82, 2.24) is 0 Å². The van der Waals surface area contributed by atoms with Crippen LogP contribution in [0.25, 0.3) is 0 Å². The van der Waals surface area contributed by atoms with Crippen LogP contribution in [0.15, 0.2) is 46.6 Å². The zero-order valence-electron chi connectivity index (χ0n) is 21.0. The average Bonchev–Trinajstić information content (AvgIpc) is 2.71. The Bertz CT molecular complexity index is 534. The van der Waals surface area contributed by atoms with Gasteiger partial charge in [-0.15, -0.1) is 6.58 Å². The molecule has 2 aliphatic rings. The standard InChI is InChI=1S/C10H13F3.C8H14.C4H8.2C2H6/c1-4-7-8(11)5(2)6(3)9(12)10(7)13;1-7-5-3-4-6-8(7)2;1-4(2)3;2*1-2/h7-8H,4H2,1-3H3;5,8H,3-4,6H2,1-2H3;1H2,2-3H3;2*1-2H3. The Balaban J connectivity index is -0.000000361. The first kappa shape index (κ1) is 32.4. The fourth-order valence-electron chi connectivity index (χ4n) is 2.72. The fraction of sp³-hybridized carbons (Fsp3) is 0.692. The average molecular weight is 417 g/mol. The number of rotatable bonds is 1. The number of allylic oxidation sites excluding steroid dienone is 7. The molecule has 29 heavy (non-hydrogen) atoms. The van der Waals surface area contributed by atoms with Gasteiger partial charge in [0.05, 0.1) is 0 Å². The van der Waals surface area contributed by atoms with Crippen molar-refractivity contribution in [3.63, 3.8) is 0 Å². The summed E-state index contributed by atoms with van der Waals surface area (Å²) in [6.07, 6.45) is 5.40. The van der Waals surface area contributed by atoms with Gasteiger partial charge in [-0.2, -0.15) is 0 Å². The molecule has 0 aromatic heterocycles. The lowest BCUT2D eigenvalue weighted by atomic mass is 9.86. The van der Waals surface area contributed by atoms with Gasteiger partial charge in [0.2, 0.25) is 0 Å². The molecule has 0 saturated carbocycles. The molecule has 0 radical (unpaired) electrons. The van der Waals surface area contributed by atoms with E-state index in [9.17, 15) is 13.2 Å². The summed E-state index contributed by atoms with van der Waals surface area (Å²) in [6.45, 7) is 24.6. The summed E-state index contributed by atoms with van der Waals surface area (Å²) < 4.78 is 39.7. The summed E-state index contributed by atoms with van der Waals surface area (Å²) in [4.78, 5) is 0. The topological polar surface area (TPSA) is 0 Å². The third kappa shape index (κ3) is 12.8. The predicted molar refractivity (Wildman–Crippen MR) is 126 cm³/mol. The molecule has 172 valence electrons. The first-order chi connectivity index (χ1) is 13.5. The molecule has 0 nitrogen and oxygen atoms in total. The zero-order chi connectivity index (χ0) is 23.7. The Morgan fingerprint density at radius 2 is 1.52 bits per heavy atom. The van der Waals surface area contributed by atoms with Crippen LogP contribution in [0.1, 0.15) is 102 Å². The van der Waals surface area contributed by atoms with Crippen molar-refractivity contribution < 1.29 is 13.2 Å². The molecular formula is C26H47F3. The third-order valence-corrected chi connectivity index (χ3v) is 4.75. The molecule has 3 heteroatoms. The quantitative estimate of drug-likeness (QED) is 0.373. The van der Waals surface area contributed by atoms with Crippen molar-refractivity contribution in [2.45, 2.75) is 108 Å². The lowest BCUT2D eigenvalue weighted by Gasteiger charge is -2.25. The fourth-order valence-corrected chi connectivity index (χ4v) is 2.72. The molecule has 0 bridgehead atoms. The van der Waals surface area contributed by atoms with Gasteiger partial charge in [0.15, 0.2) is 5.83 Å². The van der Waals surface area contributed by atoms with E-state index in [0.29, 0.717) is 5.57 Å². The van der Waals surface area contributed by atoms with Crippen molar-refractivity contribution in [2.75, 3.05) is 0 Å². The van der Waals surface area contributed by atoms with Crippen molar-refractivity contribution in [3.8, 4) is 0 Å². The van der Waals surface area contributed by atoms with Crippen LogP contribution in [0, 0.1) is 11.8 Å². The van der Waals surface area contributed by atoms with Crippen LogP contribution in [0.3, 0.4) is 0 Å². The van der Waals surface area contributed by atoms with E-state index in [1.165, 1.54) is 38.7 Å². The molecule has 0 fully saturated rings. The lowest BCUT2D eigenvalue weighted by molar-refractivity contribution is 0.243. The number of alkyl halides is 1. The second-order valence-electron chi connectivity index (χ2n) is 7.37. The molecule has 2 aliphatic carbocycles. The van der Waals surface area contributed by atoms with Crippen LogP contribution in [0.4, 0.5) is 13.2 Å². The maximum absolute atomic E-state index is 13.4. The summed E-state index contributed by atoms with van der Waals surface area (Å²) in [6, 6.07) is 0. The van der Waals surface area contributed by atoms with Gasteiger partial charge in [-0.25, -0.2) is 13.2 Å². The Hall–Kier alpha value is -1.25. The van der Waals surface area contributed by atoms with E-state index in [1.54, 1.807) is 12.5 Å². The highest BCUT2D eigenvalue weighted by molar-refractivity contribution is 5.38. The Morgan fingerprint density at radius 1 is 1.07 bits per heavy atom. The molecule has 0 aliphatic heterocycles. The number of halogens is 3. The van der Waals surface area contributed by atoms with Gasteiger partial charge in [-0.3, -0.25) is 0 Å². The molecular weight excluding hydrogens is 369 g/mol. The number of hydrogen-bond acceptors (Lipinski definition) is 0. The molecule has 0 spiro atoms.